The van der Waals surface area contributed by atoms with Crippen LogP contribution in [-0.4, -0.2) is 14.5 Å². The minimum atomic E-state index is -0.201. The van der Waals surface area contributed by atoms with Gasteiger partial charge in [0.05, 0.1) is 5.69 Å². The van der Waals surface area contributed by atoms with Gasteiger partial charge in [-0.15, -0.1) is 0 Å². The lowest BCUT2D eigenvalue weighted by Crippen LogP contribution is -2.19. The first kappa shape index (κ1) is 14.3. The van der Waals surface area contributed by atoms with E-state index in [0.717, 1.165) is 0 Å². The number of aromatic nitrogens is 2. The van der Waals surface area contributed by atoms with E-state index in [0.29, 0.717) is 18.8 Å². The summed E-state index contributed by atoms with van der Waals surface area (Å²) in [5.74, 6) is -0.0000143. The topological polar surface area (TPSA) is 66.6 Å². The molecule has 0 unspecified atom stereocenters. The summed E-state index contributed by atoms with van der Waals surface area (Å²) in [6.07, 6.45) is 1.59. The number of nitrogens with zero attached hydrogens (tertiary/aromatic N) is 2. The Bertz CT molecular complexity index is 854. The molecule has 0 fully saturated rings. The summed E-state index contributed by atoms with van der Waals surface area (Å²) in [6, 6.07) is 12.9. The van der Waals surface area contributed by atoms with Crippen molar-refractivity contribution in [2.75, 3.05) is 0 Å². The fourth-order valence-electron chi connectivity index (χ4n) is 2.29. The lowest BCUT2D eigenvalue weighted by atomic mass is 10.1. The van der Waals surface area contributed by atoms with Gasteiger partial charge < -0.3 is 10.4 Å². The van der Waals surface area contributed by atoms with Crippen LogP contribution in [-0.2, 0) is 13.1 Å². The Morgan fingerprint density at radius 1 is 1.18 bits per heavy atom. The number of benzene rings is 1. The fourth-order valence-corrected chi connectivity index (χ4v) is 2.29. The Kier molecular flexibility index (Phi) is 3.89. The zero-order chi connectivity index (χ0) is 15.5. The van der Waals surface area contributed by atoms with Crippen LogP contribution in [0.25, 0.3) is 5.65 Å². The summed E-state index contributed by atoms with van der Waals surface area (Å²) in [4.78, 5) is 16.3. The molecule has 5 heteroatoms. The van der Waals surface area contributed by atoms with Crippen molar-refractivity contribution in [2.24, 2.45) is 0 Å². The van der Waals surface area contributed by atoms with Crippen LogP contribution in [0.5, 0.6) is 5.75 Å². The molecule has 2 N–H and O–H groups in total. The van der Waals surface area contributed by atoms with E-state index in [2.05, 4.69) is 41.5 Å². The number of hydrogen-bond donors (Lipinski definition) is 2. The van der Waals surface area contributed by atoms with Gasteiger partial charge in [-0.25, -0.2) is 4.98 Å². The third-order valence-electron chi connectivity index (χ3n) is 3.48. The average Bonchev–Trinajstić information content (AvgIpc) is 2.50. The van der Waals surface area contributed by atoms with Gasteiger partial charge in [0, 0.05) is 25.4 Å². The van der Waals surface area contributed by atoms with E-state index in [1.54, 1.807) is 12.3 Å². The lowest BCUT2D eigenvalue weighted by Gasteiger charge is -2.07. The monoisotopic (exact) mass is 295 g/mol. The Morgan fingerprint density at radius 3 is 2.73 bits per heavy atom. The standard InChI is InChI=1S/C17H17N3O2/c1-12-4-6-13(7-5-12)10-18-11-14-9-16(22)20-8-2-3-15(21)17(20)19-14/h2-9,18,21H,10-11H2,1H3. The molecule has 0 aliphatic heterocycles. The maximum absolute atomic E-state index is 12.0. The number of aromatic hydroxyl groups is 1. The molecule has 0 spiro atoms. The fraction of sp³-hybridized carbons (Fsp3) is 0.176. The molecule has 3 rings (SSSR count). The van der Waals surface area contributed by atoms with E-state index in [-0.39, 0.29) is 17.0 Å². The van der Waals surface area contributed by atoms with Gasteiger partial charge in [0.25, 0.3) is 5.56 Å². The van der Waals surface area contributed by atoms with Crippen LogP contribution in [0.2, 0.25) is 0 Å². The third-order valence-corrected chi connectivity index (χ3v) is 3.48. The average molecular weight is 295 g/mol. The molecule has 0 amide bonds. The molecule has 0 aliphatic carbocycles. The van der Waals surface area contributed by atoms with Gasteiger partial charge >= 0.3 is 0 Å². The first-order chi connectivity index (χ1) is 10.6. The molecule has 1 aromatic carbocycles. The second-order valence-electron chi connectivity index (χ2n) is 5.26. The van der Waals surface area contributed by atoms with Gasteiger partial charge in [0.2, 0.25) is 0 Å². The highest BCUT2D eigenvalue weighted by Crippen LogP contribution is 2.13. The molecular weight excluding hydrogens is 278 g/mol. The van der Waals surface area contributed by atoms with Gasteiger partial charge in [-0.1, -0.05) is 29.8 Å². The van der Waals surface area contributed by atoms with E-state index in [4.69, 9.17) is 0 Å². The van der Waals surface area contributed by atoms with Crippen molar-refractivity contribution < 1.29 is 5.11 Å². The van der Waals surface area contributed by atoms with Crippen LogP contribution in [0, 0.1) is 6.92 Å². The van der Waals surface area contributed by atoms with Gasteiger partial charge in [0.15, 0.2) is 11.4 Å². The molecule has 5 nitrogen and oxygen atoms in total. The molecule has 0 bridgehead atoms. The quantitative estimate of drug-likeness (QED) is 0.772. The SMILES string of the molecule is Cc1ccc(CNCc2cc(=O)n3cccc(O)c3n2)cc1. The maximum atomic E-state index is 12.0. The number of rotatable bonds is 4. The van der Waals surface area contributed by atoms with Crippen LogP contribution in [0.1, 0.15) is 16.8 Å². The minimum absolute atomic E-state index is 0.0000143. The third kappa shape index (κ3) is 2.99. The van der Waals surface area contributed by atoms with Crippen molar-refractivity contribution in [3.05, 3.63) is 75.8 Å². The highest BCUT2D eigenvalue weighted by atomic mass is 16.3. The molecule has 0 radical (unpaired) electrons. The van der Waals surface area contributed by atoms with Crippen LogP contribution in [0.15, 0.2) is 53.5 Å². The summed E-state index contributed by atoms with van der Waals surface area (Å²) in [6.45, 7) is 3.21. The first-order valence-corrected chi connectivity index (χ1v) is 7.10. The summed E-state index contributed by atoms with van der Waals surface area (Å²) >= 11 is 0. The van der Waals surface area contributed by atoms with E-state index >= 15 is 0 Å². The zero-order valence-electron chi connectivity index (χ0n) is 12.3. The van der Waals surface area contributed by atoms with Crippen molar-refractivity contribution in [1.29, 1.82) is 0 Å². The largest absolute Gasteiger partial charge is 0.504 e. The summed E-state index contributed by atoms with van der Waals surface area (Å²) in [5.41, 5.74) is 3.09. The second kappa shape index (κ2) is 5.99. The van der Waals surface area contributed by atoms with Crippen molar-refractivity contribution in [3.63, 3.8) is 0 Å². The molecule has 2 aromatic heterocycles. The van der Waals surface area contributed by atoms with E-state index in [1.165, 1.54) is 27.7 Å². The molecule has 0 saturated heterocycles. The second-order valence-corrected chi connectivity index (χ2v) is 5.26. The van der Waals surface area contributed by atoms with Crippen molar-refractivity contribution in [3.8, 4) is 5.75 Å². The zero-order valence-corrected chi connectivity index (χ0v) is 12.3. The number of aryl methyl sites for hydroxylation is 1. The number of hydrogen-bond acceptors (Lipinski definition) is 4. The summed E-state index contributed by atoms with van der Waals surface area (Å²) in [7, 11) is 0. The molecule has 0 atom stereocenters. The summed E-state index contributed by atoms with van der Waals surface area (Å²) in [5, 5.41) is 13.1. The maximum Gasteiger partial charge on any atom is 0.258 e. The summed E-state index contributed by atoms with van der Waals surface area (Å²) < 4.78 is 1.33. The number of fused-ring (bicyclic) bond motifs is 1. The molecule has 3 aromatic rings. The van der Waals surface area contributed by atoms with Crippen LogP contribution >= 0.6 is 0 Å². The van der Waals surface area contributed by atoms with Crippen LogP contribution in [0.3, 0.4) is 0 Å². The van der Waals surface area contributed by atoms with E-state index < -0.39 is 0 Å². The Balaban J connectivity index is 1.75. The van der Waals surface area contributed by atoms with Gasteiger partial charge in [-0.05, 0) is 24.6 Å². The number of nitrogens with one attached hydrogen (secondary N) is 1. The van der Waals surface area contributed by atoms with Crippen LogP contribution < -0.4 is 10.9 Å². The molecule has 0 aliphatic rings. The smallest absolute Gasteiger partial charge is 0.258 e. The van der Waals surface area contributed by atoms with Crippen LogP contribution in [0.4, 0.5) is 0 Å². The van der Waals surface area contributed by atoms with Gasteiger partial charge in [-0.3, -0.25) is 9.20 Å². The molecule has 0 saturated carbocycles. The Hall–Kier alpha value is -2.66. The van der Waals surface area contributed by atoms with Gasteiger partial charge in [0.1, 0.15) is 0 Å². The van der Waals surface area contributed by atoms with Crippen molar-refractivity contribution in [2.45, 2.75) is 20.0 Å². The van der Waals surface area contributed by atoms with Crippen molar-refractivity contribution >= 4 is 5.65 Å². The van der Waals surface area contributed by atoms with Gasteiger partial charge in [-0.2, -0.15) is 0 Å². The Labute approximate surface area is 127 Å². The normalized spacial score (nSPS) is 11.0. The minimum Gasteiger partial charge on any atom is -0.504 e. The van der Waals surface area contributed by atoms with Crippen molar-refractivity contribution in [1.82, 2.24) is 14.7 Å². The lowest BCUT2D eigenvalue weighted by molar-refractivity contribution is 0.476. The van der Waals surface area contributed by atoms with E-state index in [9.17, 15) is 9.90 Å². The van der Waals surface area contributed by atoms with E-state index in [1.807, 2.05) is 0 Å². The predicted octanol–water partition coefficient (Wildman–Crippen LogP) is 2.00. The molecular formula is C17H17N3O2. The molecule has 2 heterocycles. The predicted molar refractivity (Wildman–Crippen MR) is 84.8 cm³/mol. The first-order valence-electron chi connectivity index (χ1n) is 7.10. The molecule has 22 heavy (non-hydrogen) atoms. The number of pyridine rings is 1. The Morgan fingerprint density at radius 2 is 1.95 bits per heavy atom. The highest BCUT2D eigenvalue weighted by molar-refractivity contribution is 5.52. The highest BCUT2D eigenvalue weighted by Gasteiger charge is 2.05. The molecule has 112 valence electrons.